The molecule has 0 aliphatic heterocycles. The molecule has 0 fully saturated rings. The van der Waals surface area contributed by atoms with Gasteiger partial charge in [0.15, 0.2) is 6.16 Å². The molecule has 0 spiro atoms. The second kappa shape index (κ2) is 8.32. The Bertz CT molecular complexity index is 67.1. The van der Waals surface area contributed by atoms with Gasteiger partial charge in [0.25, 0.3) is 0 Å². The standard InChI is InChI=1S/C4H10O2P.Ca/c1-3-4-7(5)6-2;/h3-4H2,1-2H3;/q+1;. The topological polar surface area (TPSA) is 26.3 Å². The zero-order valence-corrected chi connectivity index (χ0v) is 8.49. The van der Waals surface area contributed by atoms with Gasteiger partial charge >= 0.3 is 8.03 Å². The van der Waals surface area contributed by atoms with Gasteiger partial charge in [0.2, 0.25) is 0 Å². The molecule has 8 heavy (non-hydrogen) atoms. The third kappa shape index (κ3) is 7.32. The molecule has 0 aromatic carbocycles. The van der Waals surface area contributed by atoms with E-state index in [1.165, 1.54) is 7.11 Å². The fourth-order valence-electron chi connectivity index (χ4n) is 0.274. The molecule has 0 aromatic rings. The summed E-state index contributed by atoms with van der Waals surface area (Å²) in [4.78, 5) is 0. The van der Waals surface area contributed by atoms with E-state index in [2.05, 4.69) is 4.52 Å². The van der Waals surface area contributed by atoms with Gasteiger partial charge < -0.3 is 0 Å². The van der Waals surface area contributed by atoms with Crippen LogP contribution in [-0.4, -0.2) is 51.0 Å². The molecule has 2 nitrogen and oxygen atoms in total. The van der Waals surface area contributed by atoms with Crippen molar-refractivity contribution in [2.45, 2.75) is 13.3 Å². The van der Waals surface area contributed by atoms with Crippen molar-refractivity contribution in [3.63, 3.8) is 0 Å². The predicted octanol–water partition coefficient (Wildman–Crippen LogP) is 1.40. The van der Waals surface area contributed by atoms with E-state index in [1.54, 1.807) is 0 Å². The minimum absolute atomic E-state index is 0. The fraction of sp³-hybridized carbons (Fsp3) is 1.00. The molecule has 1 unspecified atom stereocenters. The van der Waals surface area contributed by atoms with Crippen LogP contribution in [0.2, 0.25) is 0 Å². The fourth-order valence-corrected chi connectivity index (χ4v) is 0.822. The van der Waals surface area contributed by atoms with Gasteiger partial charge in [-0.3, -0.25) is 0 Å². The van der Waals surface area contributed by atoms with E-state index in [9.17, 15) is 4.57 Å². The van der Waals surface area contributed by atoms with Crippen LogP contribution in [0, 0.1) is 0 Å². The molecular formula is C4H10CaO2P+. The second-order valence-electron chi connectivity index (χ2n) is 1.24. The average Bonchev–Trinajstić information content (AvgIpc) is 1.68. The largest absolute Gasteiger partial charge is 0.507 e. The molecule has 0 aliphatic rings. The molecule has 44 valence electrons. The number of rotatable bonds is 3. The summed E-state index contributed by atoms with van der Waals surface area (Å²) < 4.78 is 14.8. The van der Waals surface area contributed by atoms with Gasteiger partial charge in [-0.25, -0.2) is 0 Å². The molecule has 4 heteroatoms. The predicted molar refractivity (Wildman–Crippen MR) is 35.5 cm³/mol. The summed E-state index contributed by atoms with van der Waals surface area (Å²) >= 11 is 0. The minimum atomic E-state index is -1.33. The van der Waals surface area contributed by atoms with Crippen LogP contribution >= 0.6 is 8.03 Å². The van der Waals surface area contributed by atoms with E-state index in [1.807, 2.05) is 6.92 Å². The van der Waals surface area contributed by atoms with E-state index in [0.717, 1.165) is 6.42 Å². The van der Waals surface area contributed by atoms with Gasteiger partial charge in [-0.05, 0) is 11.0 Å². The van der Waals surface area contributed by atoms with Crippen molar-refractivity contribution in [3.8, 4) is 0 Å². The van der Waals surface area contributed by atoms with Crippen molar-refractivity contribution in [2.75, 3.05) is 13.3 Å². The summed E-state index contributed by atoms with van der Waals surface area (Å²) in [7, 11) is 0.138. The Hall–Kier alpha value is 1.32. The van der Waals surface area contributed by atoms with Crippen LogP contribution in [0.15, 0.2) is 0 Å². The van der Waals surface area contributed by atoms with Crippen molar-refractivity contribution in [3.05, 3.63) is 0 Å². The van der Waals surface area contributed by atoms with Crippen LogP contribution in [0.5, 0.6) is 0 Å². The third-order valence-electron chi connectivity index (χ3n) is 0.610. The van der Waals surface area contributed by atoms with Crippen molar-refractivity contribution in [2.24, 2.45) is 0 Å². The monoisotopic (exact) mass is 161 g/mol. The Morgan fingerprint density at radius 3 is 2.25 bits per heavy atom. The number of hydrogen-bond acceptors (Lipinski definition) is 2. The quantitative estimate of drug-likeness (QED) is 0.462. The van der Waals surface area contributed by atoms with E-state index in [4.69, 9.17) is 0 Å². The molecule has 0 aromatic heterocycles. The van der Waals surface area contributed by atoms with Gasteiger partial charge in [0.1, 0.15) is 0 Å². The first-order valence-corrected chi connectivity index (χ1v) is 3.66. The van der Waals surface area contributed by atoms with Gasteiger partial charge in [0.05, 0.1) is 7.11 Å². The van der Waals surface area contributed by atoms with Gasteiger partial charge in [-0.2, -0.15) is 0 Å². The first-order valence-electron chi connectivity index (χ1n) is 2.30. The van der Waals surface area contributed by atoms with Crippen LogP contribution in [0.25, 0.3) is 0 Å². The molecule has 0 N–H and O–H groups in total. The second-order valence-corrected chi connectivity index (χ2v) is 2.72. The zero-order chi connectivity index (χ0) is 5.70. The summed E-state index contributed by atoms with van der Waals surface area (Å²) in [6.07, 6.45) is 1.62. The first kappa shape index (κ1) is 12.0. The normalized spacial score (nSPS) is 10.0. The Kier molecular flexibility index (Phi) is 12.5. The van der Waals surface area contributed by atoms with E-state index in [0.29, 0.717) is 6.16 Å². The van der Waals surface area contributed by atoms with E-state index >= 15 is 0 Å². The third-order valence-corrected chi connectivity index (χ3v) is 1.83. The van der Waals surface area contributed by atoms with Crippen molar-refractivity contribution in [1.29, 1.82) is 0 Å². The molecule has 2 radical (unpaired) electrons. The summed E-state index contributed by atoms with van der Waals surface area (Å²) in [5.41, 5.74) is 0. The Labute approximate surface area is 80.9 Å². The van der Waals surface area contributed by atoms with Gasteiger partial charge in [0, 0.05) is 37.7 Å². The summed E-state index contributed by atoms with van der Waals surface area (Å²) in [5, 5.41) is 0. The smallest absolute Gasteiger partial charge is 0.150 e. The van der Waals surface area contributed by atoms with Crippen LogP contribution in [0.3, 0.4) is 0 Å². The van der Waals surface area contributed by atoms with Gasteiger partial charge in [-0.1, -0.05) is 6.92 Å². The molecule has 0 bridgehead atoms. The molecule has 0 amide bonds. The summed E-state index contributed by atoms with van der Waals surface area (Å²) in [5.74, 6) is 0. The number of hydrogen-bond donors (Lipinski definition) is 0. The molecule has 0 rings (SSSR count). The molecule has 1 atom stereocenters. The first-order chi connectivity index (χ1) is 3.31. The average molecular weight is 161 g/mol. The Balaban J connectivity index is 0. The maximum atomic E-state index is 10.3. The van der Waals surface area contributed by atoms with Crippen molar-refractivity contribution >= 4 is 45.8 Å². The van der Waals surface area contributed by atoms with Crippen LogP contribution in [0.1, 0.15) is 13.3 Å². The van der Waals surface area contributed by atoms with Gasteiger partial charge in [-0.15, -0.1) is 4.52 Å². The zero-order valence-electron chi connectivity index (χ0n) is 5.39. The SMILES string of the molecule is CCC[P+](=O)OC.[Ca]. The van der Waals surface area contributed by atoms with E-state index in [-0.39, 0.29) is 37.7 Å². The Morgan fingerprint density at radius 2 is 2.12 bits per heavy atom. The Morgan fingerprint density at radius 1 is 1.62 bits per heavy atom. The van der Waals surface area contributed by atoms with Crippen molar-refractivity contribution < 1.29 is 9.09 Å². The molecule has 0 heterocycles. The van der Waals surface area contributed by atoms with E-state index < -0.39 is 8.03 Å². The molecule has 0 aliphatic carbocycles. The van der Waals surface area contributed by atoms with Crippen LogP contribution < -0.4 is 0 Å². The molecular weight excluding hydrogens is 151 g/mol. The molecule has 0 saturated heterocycles. The van der Waals surface area contributed by atoms with Crippen LogP contribution in [-0.2, 0) is 9.09 Å². The minimum Gasteiger partial charge on any atom is -0.150 e. The maximum Gasteiger partial charge on any atom is 0.507 e. The molecule has 0 saturated carbocycles. The summed E-state index contributed by atoms with van der Waals surface area (Å²) in [6, 6.07) is 0. The van der Waals surface area contributed by atoms with Crippen molar-refractivity contribution in [1.82, 2.24) is 0 Å². The summed E-state index contributed by atoms with van der Waals surface area (Å²) in [6.45, 7) is 1.98. The van der Waals surface area contributed by atoms with Crippen LogP contribution in [0.4, 0.5) is 0 Å². The maximum absolute atomic E-state index is 10.3.